The van der Waals surface area contributed by atoms with Gasteiger partial charge in [-0.25, -0.2) is 8.42 Å². The van der Waals surface area contributed by atoms with E-state index in [1.54, 1.807) is 48.5 Å². The molecule has 3 N–H and O–H groups in total. The summed E-state index contributed by atoms with van der Waals surface area (Å²) in [4.78, 5) is 0.224. The van der Waals surface area contributed by atoms with Crippen molar-refractivity contribution in [3.63, 3.8) is 0 Å². The number of hydrogen-bond donors (Lipinski definition) is 2. The Hall–Kier alpha value is -2.05. The summed E-state index contributed by atoms with van der Waals surface area (Å²) in [5, 5.41) is 0. The van der Waals surface area contributed by atoms with Crippen molar-refractivity contribution in [3.8, 4) is 5.75 Å². The Morgan fingerprint density at radius 2 is 1.68 bits per heavy atom. The summed E-state index contributed by atoms with van der Waals surface area (Å²) in [6, 6.07) is 13.5. The fourth-order valence-electron chi connectivity index (χ4n) is 2.00. The number of benzene rings is 2. The molecule has 0 atom stereocenters. The molecular formula is C16H20N2O3S. The molecule has 0 aliphatic carbocycles. The number of sulfonamides is 1. The van der Waals surface area contributed by atoms with Crippen LogP contribution in [0.1, 0.15) is 12.5 Å². The van der Waals surface area contributed by atoms with Crippen LogP contribution >= 0.6 is 0 Å². The van der Waals surface area contributed by atoms with Crippen molar-refractivity contribution in [2.45, 2.75) is 18.2 Å². The maximum Gasteiger partial charge on any atom is 0.261 e. The molecule has 22 heavy (non-hydrogen) atoms. The second kappa shape index (κ2) is 7.29. The van der Waals surface area contributed by atoms with Gasteiger partial charge in [-0.3, -0.25) is 4.72 Å². The normalized spacial score (nSPS) is 11.2. The van der Waals surface area contributed by atoms with Crippen molar-refractivity contribution >= 4 is 15.7 Å². The predicted molar refractivity (Wildman–Crippen MR) is 87.6 cm³/mol. The Morgan fingerprint density at radius 1 is 1.05 bits per heavy atom. The minimum atomic E-state index is -3.59. The standard InChI is InChI=1S/C16H20N2O3S/c1-2-21-15-7-5-14(6-8-15)18-22(19,20)16-9-3-13(4-10-16)11-12-17/h3-10,18H,2,11-12,17H2,1H3. The monoisotopic (exact) mass is 320 g/mol. The van der Waals surface area contributed by atoms with Gasteiger partial charge in [-0.1, -0.05) is 12.1 Å². The van der Waals surface area contributed by atoms with E-state index in [0.717, 1.165) is 12.0 Å². The predicted octanol–water partition coefficient (Wildman–Crippen LogP) is 2.39. The van der Waals surface area contributed by atoms with Gasteiger partial charge >= 0.3 is 0 Å². The van der Waals surface area contributed by atoms with Gasteiger partial charge in [-0.15, -0.1) is 0 Å². The highest BCUT2D eigenvalue weighted by molar-refractivity contribution is 7.92. The molecule has 0 unspecified atom stereocenters. The fraction of sp³-hybridized carbons (Fsp3) is 0.250. The summed E-state index contributed by atoms with van der Waals surface area (Å²) in [6.45, 7) is 3.00. The topological polar surface area (TPSA) is 81.4 Å². The Morgan fingerprint density at radius 3 is 2.23 bits per heavy atom. The van der Waals surface area contributed by atoms with Gasteiger partial charge in [-0.2, -0.15) is 0 Å². The van der Waals surface area contributed by atoms with E-state index in [1.807, 2.05) is 6.92 Å². The minimum absolute atomic E-state index is 0.224. The third-order valence-electron chi connectivity index (χ3n) is 3.08. The van der Waals surface area contributed by atoms with Crippen LogP contribution in [0, 0.1) is 0 Å². The molecule has 0 amide bonds. The van der Waals surface area contributed by atoms with Crippen LogP contribution in [0.3, 0.4) is 0 Å². The van der Waals surface area contributed by atoms with E-state index in [4.69, 9.17) is 10.5 Å². The van der Waals surface area contributed by atoms with E-state index < -0.39 is 10.0 Å². The van der Waals surface area contributed by atoms with Crippen LogP contribution in [0.25, 0.3) is 0 Å². The molecule has 2 aromatic carbocycles. The Labute approximate surface area is 131 Å². The summed E-state index contributed by atoms with van der Waals surface area (Å²) in [5.74, 6) is 0.705. The zero-order valence-electron chi connectivity index (χ0n) is 12.5. The van der Waals surface area contributed by atoms with E-state index in [0.29, 0.717) is 24.6 Å². The number of ether oxygens (including phenoxy) is 1. The highest BCUT2D eigenvalue weighted by Gasteiger charge is 2.13. The first kappa shape index (κ1) is 16.3. The maximum absolute atomic E-state index is 12.3. The van der Waals surface area contributed by atoms with Crippen LogP contribution in [0.15, 0.2) is 53.4 Å². The third-order valence-corrected chi connectivity index (χ3v) is 4.48. The Kier molecular flexibility index (Phi) is 5.41. The van der Waals surface area contributed by atoms with Crippen LogP contribution < -0.4 is 15.2 Å². The lowest BCUT2D eigenvalue weighted by molar-refractivity contribution is 0.340. The lowest BCUT2D eigenvalue weighted by Gasteiger charge is -2.09. The molecule has 0 heterocycles. The lowest BCUT2D eigenvalue weighted by atomic mass is 10.2. The number of nitrogens with two attached hydrogens (primary N) is 1. The van der Waals surface area contributed by atoms with Crippen LogP contribution in [0.4, 0.5) is 5.69 Å². The molecule has 0 aliphatic rings. The van der Waals surface area contributed by atoms with Crippen molar-refractivity contribution in [1.29, 1.82) is 0 Å². The van der Waals surface area contributed by atoms with E-state index in [9.17, 15) is 8.42 Å². The van der Waals surface area contributed by atoms with Crippen molar-refractivity contribution in [2.24, 2.45) is 5.73 Å². The molecule has 0 aliphatic heterocycles. The summed E-state index contributed by atoms with van der Waals surface area (Å²) >= 11 is 0. The molecule has 0 fully saturated rings. The molecule has 2 rings (SSSR count). The summed E-state index contributed by atoms with van der Waals surface area (Å²) in [5.41, 5.74) is 6.99. The number of nitrogens with one attached hydrogen (secondary N) is 1. The van der Waals surface area contributed by atoms with Crippen molar-refractivity contribution < 1.29 is 13.2 Å². The van der Waals surface area contributed by atoms with E-state index in [2.05, 4.69) is 4.72 Å². The molecule has 0 radical (unpaired) electrons. The average molecular weight is 320 g/mol. The summed E-state index contributed by atoms with van der Waals surface area (Å²) < 4.78 is 32.5. The van der Waals surface area contributed by atoms with Gasteiger partial charge in [0.2, 0.25) is 0 Å². The van der Waals surface area contributed by atoms with Gasteiger partial charge in [-0.05, 0) is 61.9 Å². The van der Waals surface area contributed by atoms with Gasteiger partial charge < -0.3 is 10.5 Å². The first-order valence-electron chi connectivity index (χ1n) is 7.10. The van der Waals surface area contributed by atoms with Gasteiger partial charge in [0.15, 0.2) is 0 Å². The molecule has 6 heteroatoms. The van der Waals surface area contributed by atoms with Crippen molar-refractivity contribution in [3.05, 3.63) is 54.1 Å². The first-order chi connectivity index (χ1) is 10.5. The second-order valence-electron chi connectivity index (χ2n) is 4.75. The van der Waals surface area contributed by atoms with Crippen LogP contribution in [-0.4, -0.2) is 21.6 Å². The van der Waals surface area contributed by atoms with E-state index in [1.165, 1.54) is 0 Å². The highest BCUT2D eigenvalue weighted by Crippen LogP contribution is 2.20. The largest absolute Gasteiger partial charge is 0.494 e. The summed E-state index contributed by atoms with van der Waals surface area (Å²) in [6.07, 6.45) is 0.729. The van der Waals surface area contributed by atoms with Crippen LogP contribution in [-0.2, 0) is 16.4 Å². The fourth-order valence-corrected chi connectivity index (χ4v) is 3.06. The first-order valence-corrected chi connectivity index (χ1v) is 8.58. The number of hydrogen-bond acceptors (Lipinski definition) is 4. The Balaban J connectivity index is 2.12. The Bertz CT molecular complexity index is 695. The van der Waals surface area contributed by atoms with E-state index >= 15 is 0 Å². The van der Waals surface area contributed by atoms with E-state index in [-0.39, 0.29) is 4.90 Å². The molecule has 5 nitrogen and oxygen atoms in total. The zero-order valence-corrected chi connectivity index (χ0v) is 13.3. The quantitative estimate of drug-likeness (QED) is 0.821. The zero-order chi connectivity index (χ0) is 16.0. The molecule has 0 bridgehead atoms. The molecule has 0 saturated carbocycles. The number of rotatable bonds is 7. The number of anilines is 1. The summed E-state index contributed by atoms with van der Waals surface area (Å²) in [7, 11) is -3.59. The molecular weight excluding hydrogens is 300 g/mol. The van der Waals surface area contributed by atoms with Crippen LogP contribution in [0.2, 0.25) is 0 Å². The van der Waals surface area contributed by atoms with Gasteiger partial charge in [0.05, 0.1) is 11.5 Å². The average Bonchev–Trinajstić information content (AvgIpc) is 2.50. The second-order valence-corrected chi connectivity index (χ2v) is 6.43. The molecule has 0 spiro atoms. The van der Waals surface area contributed by atoms with Crippen molar-refractivity contribution in [2.75, 3.05) is 17.9 Å². The van der Waals surface area contributed by atoms with Gasteiger partial charge in [0.25, 0.3) is 10.0 Å². The van der Waals surface area contributed by atoms with Gasteiger partial charge in [0.1, 0.15) is 5.75 Å². The molecule has 2 aromatic rings. The van der Waals surface area contributed by atoms with Crippen molar-refractivity contribution in [1.82, 2.24) is 0 Å². The maximum atomic E-state index is 12.3. The smallest absolute Gasteiger partial charge is 0.261 e. The SMILES string of the molecule is CCOc1ccc(NS(=O)(=O)c2ccc(CCN)cc2)cc1. The third kappa shape index (κ3) is 4.22. The van der Waals surface area contributed by atoms with Crippen LogP contribution in [0.5, 0.6) is 5.75 Å². The minimum Gasteiger partial charge on any atom is -0.494 e. The molecule has 0 aromatic heterocycles. The highest BCUT2D eigenvalue weighted by atomic mass is 32.2. The molecule has 0 saturated heterocycles. The molecule has 118 valence electrons. The lowest BCUT2D eigenvalue weighted by Crippen LogP contribution is -2.13. The van der Waals surface area contributed by atoms with Gasteiger partial charge in [0, 0.05) is 5.69 Å².